The Kier molecular flexibility index (Phi) is 4.36. The molecule has 0 atom stereocenters. The second-order valence-electron chi connectivity index (χ2n) is 4.14. The lowest BCUT2D eigenvalue weighted by Crippen LogP contribution is -2.23. The molecule has 1 aromatic heterocycles. The quantitative estimate of drug-likeness (QED) is 0.778. The van der Waals surface area contributed by atoms with E-state index in [1.807, 2.05) is 0 Å². The van der Waals surface area contributed by atoms with Crippen LogP contribution in [-0.4, -0.2) is 30.6 Å². The number of esters is 1. The zero-order valence-electron chi connectivity index (χ0n) is 10.1. The number of nitrogens with zero attached hydrogens (tertiary/aromatic N) is 2. The summed E-state index contributed by atoms with van der Waals surface area (Å²) in [6.07, 6.45) is 5.03. The molecule has 0 spiro atoms. The van der Waals surface area contributed by atoms with Crippen LogP contribution in [0.3, 0.4) is 0 Å². The second kappa shape index (κ2) is 6.00. The topological polar surface area (TPSA) is 42.4 Å². The van der Waals surface area contributed by atoms with Crippen molar-refractivity contribution in [3.8, 4) is 0 Å². The fourth-order valence-electron chi connectivity index (χ4n) is 1.97. The van der Waals surface area contributed by atoms with E-state index in [0.717, 1.165) is 18.2 Å². The predicted molar refractivity (Wildman–Crippen MR) is 68.8 cm³/mol. The number of rotatable bonds is 3. The van der Waals surface area contributed by atoms with Crippen LogP contribution in [0.15, 0.2) is 5.38 Å². The second-order valence-corrected chi connectivity index (χ2v) is 4.97. The summed E-state index contributed by atoms with van der Waals surface area (Å²) >= 11 is 1.53. The van der Waals surface area contributed by atoms with E-state index in [-0.39, 0.29) is 5.97 Å². The minimum Gasteiger partial charge on any atom is -0.461 e. The molecule has 1 fully saturated rings. The molecule has 0 aliphatic carbocycles. The third-order valence-corrected chi connectivity index (χ3v) is 3.75. The Labute approximate surface area is 106 Å². The lowest BCUT2D eigenvalue weighted by atomic mass is 10.2. The summed E-state index contributed by atoms with van der Waals surface area (Å²) in [5.74, 6) is -0.315. The molecule has 1 aliphatic rings. The van der Waals surface area contributed by atoms with Crippen molar-refractivity contribution >= 4 is 22.4 Å². The van der Waals surface area contributed by atoms with E-state index >= 15 is 0 Å². The van der Waals surface area contributed by atoms with Crippen LogP contribution in [0.4, 0.5) is 5.13 Å². The van der Waals surface area contributed by atoms with E-state index in [2.05, 4.69) is 9.88 Å². The molecule has 0 radical (unpaired) electrons. The minimum absolute atomic E-state index is 0.315. The van der Waals surface area contributed by atoms with Gasteiger partial charge in [0.05, 0.1) is 6.61 Å². The Balaban J connectivity index is 2.03. The van der Waals surface area contributed by atoms with Crippen molar-refractivity contribution in [2.45, 2.75) is 32.6 Å². The standard InChI is InChI=1S/C12H18N2O2S/c1-2-16-11(15)10-9-17-12(13-10)14-7-5-3-4-6-8-14/h9H,2-8H2,1H3. The van der Waals surface area contributed by atoms with Crippen LogP contribution in [0.5, 0.6) is 0 Å². The molecule has 0 bridgehead atoms. The molecule has 2 rings (SSSR count). The number of hydrogen-bond acceptors (Lipinski definition) is 5. The summed E-state index contributed by atoms with van der Waals surface area (Å²) in [5.41, 5.74) is 0.441. The highest BCUT2D eigenvalue weighted by Crippen LogP contribution is 2.23. The van der Waals surface area contributed by atoms with Crippen LogP contribution < -0.4 is 4.90 Å². The summed E-state index contributed by atoms with van der Waals surface area (Å²) < 4.78 is 4.94. The fourth-order valence-corrected chi connectivity index (χ4v) is 2.82. The van der Waals surface area contributed by atoms with E-state index < -0.39 is 0 Å². The van der Waals surface area contributed by atoms with Crippen molar-refractivity contribution in [1.29, 1.82) is 0 Å². The molecule has 0 saturated carbocycles. The maximum atomic E-state index is 11.5. The Hall–Kier alpha value is -1.10. The van der Waals surface area contributed by atoms with Gasteiger partial charge in [0.15, 0.2) is 10.8 Å². The first kappa shape index (κ1) is 12.4. The van der Waals surface area contributed by atoms with Crippen molar-refractivity contribution < 1.29 is 9.53 Å². The number of aromatic nitrogens is 1. The highest BCUT2D eigenvalue weighted by Gasteiger charge is 2.16. The van der Waals surface area contributed by atoms with Gasteiger partial charge >= 0.3 is 5.97 Å². The van der Waals surface area contributed by atoms with Gasteiger partial charge in [0.25, 0.3) is 0 Å². The molecule has 17 heavy (non-hydrogen) atoms. The third kappa shape index (κ3) is 3.19. The van der Waals surface area contributed by atoms with Gasteiger partial charge in [-0.15, -0.1) is 11.3 Å². The molecular formula is C12H18N2O2S. The fraction of sp³-hybridized carbons (Fsp3) is 0.667. The van der Waals surface area contributed by atoms with Gasteiger partial charge in [-0.3, -0.25) is 0 Å². The number of anilines is 1. The summed E-state index contributed by atoms with van der Waals surface area (Å²) in [6, 6.07) is 0. The van der Waals surface area contributed by atoms with Crippen molar-refractivity contribution in [3.05, 3.63) is 11.1 Å². The molecule has 0 aromatic carbocycles. The van der Waals surface area contributed by atoms with E-state index in [9.17, 15) is 4.79 Å². The predicted octanol–water partition coefficient (Wildman–Crippen LogP) is 2.70. The average molecular weight is 254 g/mol. The maximum absolute atomic E-state index is 11.5. The first-order valence-electron chi connectivity index (χ1n) is 6.19. The van der Waals surface area contributed by atoms with Crippen LogP contribution in [0.2, 0.25) is 0 Å². The monoisotopic (exact) mass is 254 g/mol. The first-order chi connectivity index (χ1) is 8.31. The number of carbonyl (C=O) groups is 1. The number of ether oxygens (including phenoxy) is 1. The highest BCUT2D eigenvalue weighted by molar-refractivity contribution is 7.13. The molecule has 1 aliphatic heterocycles. The highest BCUT2D eigenvalue weighted by atomic mass is 32.1. The molecule has 94 valence electrons. The first-order valence-corrected chi connectivity index (χ1v) is 7.07. The van der Waals surface area contributed by atoms with Crippen molar-refractivity contribution in [2.75, 3.05) is 24.6 Å². The average Bonchev–Trinajstić information content (AvgIpc) is 2.66. The Morgan fingerprint density at radius 3 is 2.76 bits per heavy atom. The van der Waals surface area contributed by atoms with Crippen LogP contribution in [0.25, 0.3) is 0 Å². The van der Waals surface area contributed by atoms with Gasteiger partial charge in [-0.2, -0.15) is 0 Å². The van der Waals surface area contributed by atoms with Crippen molar-refractivity contribution in [3.63, 3.8) is 0 Å². The zero-order chi connectivity index (χ0) is 12.1. The van der Waals surface area contributed by atoms with E-state index in [1.165, 1.54) is 37.0 Å². The summed E-state index contributed by atoms with van der Waals surface area (Å²) in [4.78, 5) is 18.2. The Morgan fingerprint density at radius 1 is 1.41 bits per heavy atom. The Morgan fingerprint density at radius 2 is 2.12 bits per heavy atom. The largest absolute Gasteiger partial charge is 0.461 e. The molecule has 0 unspecified atom stereocenters. The zero-order valence-corrected chi connectivity index (χ0v) is 11.0. The van der Waals surface area contributed by atoms with Gasteiger partial charge in [-0.05, 0) is 19.8 Å². The summed E-state index contributed by atoms with van der Waals surface area (Å²) in [7, 11) is 0. The van der Waals surface area contributed by atoms with Crippen LogP contribution >= 0.6 is 11.3 Å². The van der Waals surface area contributed by atoms with E-state index in [0.29, 0.717) is 12.3 Å². The summed E-state index contributed by atoms with van der Waals surface area (Å²) in [6.45, 7) is 4.31. The Bertz CT molecular complexity index is 370. The van der Waals surface area contributed by atoms with Crippen molar-refractivity contribution in [1.82, 2.24) is 4.98 Å². The number of carbonyl (C=O) groups excluding carboxylic acids is 1. The molecule has 1 saturated heterocycles. The van der Waals surface area contributed by atoms with Gasteiger partial charge < -0.3 is 9.64 Å². The smallest absolute Gasteiger partial charge is 0.357 e. The lowest BCUT2D eigenvalue weighted by Gasteiger charge is -2.18. The molecular weight excluding hydrogens is 236 g/mol. The normalized spacial score (nSPS) is 16.6. The van der Waals surface area contributed by atoms with E-state index in [1.54, 1.807) is 12.3 Å². The van der Waals surface area contributed by atoms with Gasteiger partial charge in [-0.25, -0.2) is 9.78 Å². The molecule has 1 aromatic rings. The SMILES string of the molecule is CCOC(=O)c1csc(N2CCCCCC2)n1. The van der Waals surface area contributed by atoms with Crippen LogP contribution in [-0.2, 0) is 4.74 Å². The molecule has 5 heteroatoms. The lowest BCUT2D eigenvalue weighted by molar-refractivity contribution is 0.0520. The maximum Gasteiger partial charge on any atom is 0.357 e. The number of thiazole rings is 1. The van der Waals surface area contributed by atoms with Gasteiger partial charge in [0, 0.05) is 18.5 Å². The minimum atomic E-state index is -0.315. The van der Waals surface area contributed by atoms with Crippen LogP contribution in [0.1, 0.15) is 43.1 Å². The summed E-state index contributed by atoms with van der Waals surface area (Å²) in [5, 5.41) is 2.74. The molecule has 0 amide bonds. The third-order valence-electron chi connectivity index (χ3n) is 2.85. The molecule has 0 N–H and O–H groups in total. The van der Waals surface area contributed by atoms with Crippen LogP contribution in [0, 0.1) is 0 Å². The van der Waals surface area contributed by atoms with Gasteiger partial charge in [0.2, 0.25) is 0 Å². The van der Waals surface area contributed by atoms with Gasteiger partial charge in [0.1, 0.15) is 0 Å². The molecule has 4 nitrogen and oxygen atoms in total. The molecule has 2 heterocycles. The van der Waals surface area contributed by atoms with Crippen molar-refractivity contribution in [2.24, 2.45) is 0 Å². The van der Waals surface area contributed by atoms with Gasteiger partial charge in [-0.1, -0.05) is 12.8 Å². The van der Waals surface area contributed by atoms with E-state index in [4.69, 9.17) is 4.74 Å². The number of hydrogen-bond donors (Lipinski definition) is 0.